The van der Waals surface area contributed by atoms with Crippen LogP contribution in [0.3, 0.4) is 0 Å². The van der Waals surface area contributed by atoms with Gasteiger partial charge in [-0.3, -0.25) is 4.79 Å². The Balaban J connectivity index is 2.45. The third-order valence-electron chi connectivity index (χ3n) is 4.49. The molecule has 110 valence electrons. The van der Waals surface area contributed by atoms with Crippen LogP contribution in [0.25, 0.3) is 0 Å². The van der Waals surface area contributed by atoms with Crippen LogP contribution in [-0.2, 0) is 24.0 Å². The molecule has 0 aliphatic carbocycles. The van der Waals surface area contributed by atoms with Crippen molar-refractivity contribution in [3.05, 3.63) is 34.4 Å². The predicted molar refractivity (Wildman–Crippen MR) is 82.4 cm³/mol. The van der Waals surface area contributed by atoms with Gasteiger partial charge in [-0.1, -0.05) is 32.9 Å². The fourth-order valence-electron chi connectivity index (χ4n) is 3.18. The second-order valence-corrected chi connectivity index (χ2v) is 5.69. The lowest BCUT2D eigenvalue weighted by Crippen LogP contribution is -2.24. The van der Waals surface area contributed by atoms with E-state index in [2.05, 4.69) is 32.9 Å². The minimum Gasteiger partial charge on any atom is -0.378 e. The van der Waals surface area contributed by atoms with Crippen LogP contribution >= 0.6 is 0 Å². The van der Waals surface area contributed by atoms with Gasteiger partial charge in [0.2, 0.25) is 0 Å². The molecule has 1 aliphatic rings. The van der Waals surface area contributed by atoms with Crippen molar-refractivity contribution >= 4 is 5.78 Å². The molecule has 1 aromatic carbocycles. The first-order chi connectivity index (χ1) is 9.62. The van der Waals surface area contributed by atoms with E-state index < -0.39 is 0 Å². The summed E-state index contributed by atoms with van der Waals surface area (Å²) < 4.78 is 5.58. The summed E-state index contributed by atoms with van der Waals surface area (Å²) in [6.45, 7) is 9.18. The Labute approximate surface area is 122 Å². The Morgan fingerprint density at radius 2 is 1.75 bits per heavy atom. The fourth-order valence-corrected chi connectivity index (χ4v) is 3.18. The zero-order valence-corrected chi connectivity index (χ0v) is 13.2. The van der Waals surface area contributed by atoms with E-state index in [4.69, 9.17) is 4.74 Å². The molecular formula is C18H26O2. The van der Waals surface area contributed by atoms with Crippen LogP contribution < -0.4 is 0 Å². The summed E-state index contributed by atoms with van der Waals surface area (Å²) in [5, 5.41) is 0. The van der Waals surface area contributed by atoms with Crippen LogP contribution in [0, 0.1) is 5.92 Å². The number of ether oxygens (including phenoxy) is 1. The summed E-state index contributed by atoms with van der Waals surface area (Å²) in [5.41, 5.74) is 4.75. The lowest BCUT2D eigenvalue weighted by atomic mass is 9.84. The third kappa shape index (κ3) is 2.80. The largest absolute Gasteiger partial charge is 0.378 e. The zero-order chi connectivity index (χ0) is 14.7. The van der Waals surface area contributed by atoms with Gasteiger partial charge in [-0.05, 0) is 49.3 Å². The summed E-state index contributed by atoms with van der Waals surface area (Å²) >= 11 is 0. The number of ketones is 1. The van der Waals surface area contributed by atoms with Crippen molar-refractivity contribution in [1.29, 1.82) is 0 Å². The molecule has 1 fully saturated rings. The molecule has 1 aliphatic heterocycles. The Morgan fingerprint density at radius 3 is 2.15 bits per heavy atom. The molecule has 2 rings (SSSR count). The standard InChI is InChI=1S/C18H26O2/c1-5-13-10-14(6-2)17(15(7-3)11-13)18(19)16-8-9-20-12(16)4/h10-12,16H,5-9H2,1-4H3. The highest BCUT2D eigenvalue weighted by Crippen LogP contribution is 2.29. The lowest BCUT2D eigenvalue weighted by molar-refractivity contribution is 0.0762. The highest BCUT2D eigenvalue weighted by atomic mass is 16.5. The topological polar surface area (TPSA) is 26.3 Å². The normalized spacial score (nSPS) is 22.2. The molecule has 1 heterocycles. The molecule has 0 bridgehead atoms. The Kier molecular flexibility index (Phi) is 4.98. The smallest absolute Gasteiger partial charge is 0.169 e. The first-order valence-electron chi connectivity index (χ1n) is 7.92. The number of aryl methyl sites for hydroxylation is 3. The van der Waals surface area contributed by atoms with E-state index in [1.807, 2.05) is 6.92 Å². The van der Waals surface area contributed by atoms with Gasteiger partial charge in [-0.15, -0.1) is 0 Å². The van der Waals surface area contributed by atoms with Crippen LogP contribution in [0.5, 0.6) is 0 Å². The second kappa shape index (κ2) is 6.53. The van der Waals surface area contributed by atoms with Crippen LogP contribution in [0.15, 0.2) is 12.1 Å². The molecular weight excluding hydrogens is 248 g/mol. The molecule has 2 unspecified atom stereocenters. The highest BCUT2D eigenvalue weighted by Gasteiger charge is 2.33. The third-order valence-corrected chi connectivity index (χ3v) is 4.49. The van der Waals surface area contributed by atoms with Crippen molar-refractivity contribution in [2.45, 2.75) is 59.5 Å². The molecule has 2 atom stereocenters. The van der Waals surface area contributed by atoms with E-state index in [1.54, 1.807) is 0 Å². The molecule has 0 amide bonds. The Bertz CT molecular complexity index is 465. The Morgan fingerprint density at radius 1 is 1.15 bits per heavy atom. The molecule has 20 heavy (non-hydrogen) atoms. The summed E-state index contributed by atoms with van der Waals surface area (Å²) in [5.74, 6) is 0.337. The maximum atomic E-state index is 12.9. The van der Waals surface area contributed by atoms with Crippen molar-refractivity contribution in [2.75, 3.05) is 6.61 Å². The fraction of sp³-hybridized carbons (Fsp3) is 0.611. The van der Waals surface area contributed by atoms with Crippen molar-refractivity contribution in [2.24, 2.45) is 5.92 Å². The number of Topliss-reactive ketones (excluding diaryl/α,β-unsaturated/α-hetero) is 1. The van der Waals surface area contributed by atoms with Gasteiger partial charge in [0.25, 0.3) is 0 Å². The van der Waals surface area contributed by atoms with Crippen LogP contribution in [0.4, 0.5) is 0 Å². The molecule has 0 radical (unpaired) electrons. The van der Waals surface area contributed by atoms with Crippen LogP contribution in [0.2, 0.25) is 0 Å². The van der Waals surface area contributed by atoms with E-state index in [1.165, 1.54) is 16.7 Å². The van der Waals surface area contributed by atoms with Crippen molar-refractivity contribution in [3.63, 3.8) is 0 Å². The van der Waals surface area contributed by atoms with Crippen molar-refractivity contribution in [3.8, 4) is 0 Å². The van der Waals surface area contributed by atoms with Gasteiger partial charge in [0.1, 0.15) is 0 Å². The number of carbonyl (C=O) groups excluding carboxylic acids is 1. The highest BCUT2D eigenvalue weighted by molar-refractivity contribution is 6.01. The van der Waals surface area contributed by atoms with Gasteiger partial charge in [-0.25, -0.2) is 0 Å². The maximum absolute atomic E-state index is 12.9. The minimum atomic E-state index is 0.0399. The first kappa shape index (κ1) is 15.2. The zero-order valence-electron chi connectivity index (χ0n) is 13.2. The molecule has 0 spiro atoms. The molecule has 1 saturated heterocycles. The number of hydrogen-bond acceptors (Lipinski definition) is 2. The average molecular weight is 274 g/mol. The molecule has 0 saturated carbocycles. The van der Waals surface area contributed by atoms with Gasteiger partial charge in [0, 0.05) is 12.2 Å². The van der Waals surface area contributed by atoms with Gasteiger partial charge >= 0.3 is 0 Å². The van der Waals surface area contributed by atoms with Crippen LogP contribution in [0.1, 0.15) is 61.2 Å². The van der Waals surface area contributed by atoms with Crippen molar-refractivity contribution < 1.29 is 9.53 Å². The number of carbonyl (C=O) groups is 1. The lowest BCUT2D eigenvalue weighted by Gasteiger charge is -2.19. The number of benzene rings is 1. The summed E-state index contributed by atoms with van der Waals surface area (Å²) in [4.78, 5) is 12.9. The average Bonchev–Trinajstić information content (AvgIpc) is 2.91. The van der Waals surface area contributed by atoms with Gasteiger partial charge < -0.3 is 4.74 Å². The molecule has 0 aromatic heterocycles. The quantitative estimate of drug-likeness (QED) is 0.759. The summed E-state index contributed by atoms with van der Waals surface area (Å²) in [7, 11) is 0. The number of hydrogen-bond donors (Lipinski definition) is 0. The first-order valence-corrected chi connectivity index (χ1v) is 7.92. The molecule has 2 heteroatoms. The van der Waals surface area contributed by atoms with E-state index in [9.17, 15) is 4.79 Å². The monoisotopic (exact) mass is 274 g/mol. The molecule has 1 aromatic rings. The second-order valence-electron chi connectivity index (χ2n) is 5.69. The van der Waals surface area contributed by atoms with Gasteiger partial charge in [-0.2, -0.15) is 0 Å². The summed E-state index contributed by atoms with van der Waals surface area (Å²) in [6, 6.07) is 4.43. The van der Waals surface area contributed by atoms with E-state index in [0.717, 1.165) is 31.2 Å². The molecule has 0 N–H and O–H groups in total. The van der Waals surface area contributed by atoms with Gasteiger partial charge in [0.05, 0.1) is 12.0 Å². The maximum Gasteiger partial charge on any atom is 0.169 e. The number of rotatable bonds is 5. The van der Waals surface area contributed by atoms with Crippen molar-refractivity contribution in [1.82, 2.24) is 0 Å². The minimum absolute atomic E-state index is 0.0399. The Hall–Kier alpha value is -1.15. The van der Waals surface area contributed by atoms with Crippen LogP contribution in [-0.4, -0.2) is 18.5 Å². The predicted octanol–water partition coefficient (Wildman–Crippen LogP) is 3.98. The van der Waals surface area contributed by atoms with Gasteiger partial charge in [0.15, 0.2) is 5.78 Å². The van der Waals surface area contributed by atoms with E-state index >= 15 is 0 Å². The SMILES string of the molecule is CCc1cc(CC)c(C(=O)C2CCOC2C)c(CC)c1. The summed E-state index contributed by atoms with van der Waals surface area (Å²) in [6.07, 6.45) is 3.79. The van der Waals surface area contributed by atoms with E-state index in [-0.39, 0.29) is 12.0 Å². The van der Waals surface area contributed by atoms with E-state index in [0.29, 0.717) is 12.4 Å². The molecule has 2 nitrogen and oxygen atoms in total.